The summed E-state index contributed by atoms with van der Waals surface area (Å²) in [6.45, 7) is 1.66. The Morgan fingerprint density at radius 2 is 1.93 bits per heavy atom. The van der Waals surface area contributed by atoms with Gasteiger partial charge in [0, 0.05) is 6.07 Å². The number of aromatic nitrogens is 1. The summed E-state index contributed by atoms with van der Waals surface area (Å²) in [4.78, 5) is 26.8. The third-order valence-electron chi connectivity index (χ3n) is 4.27. The number of aliphatic hydroxyl groups excluding tert-OH is 1. The molecule has 1 aliphatic heterocycles. The molecule has 4 rings (SSSR count). The Bertz CT molecular complexity index is 1050. The molecule has 0 radical (unpaired) electrons. The molecule has 2 aromatic heterocycles. The number of amides is 1. The largest absolute Gasteiger partial charge is 0.508 e. The van der Waals surface area contributed by atoms with Crippen molar-refractivity contribution in [2.24, 2.45) is 0 Å². The molecule has 27 heavy (non-hydrogen) atoms. The molecule has 1 aliphatic rings. The average Bonchev–Trinajstić information content (AvgIpc) is 3.37. The van der Waals surface area contributed by atoms with Crippen molar-refractivity contribution in [1.82, 2.24) is 5.16 Å². The van der Waals surface area contributed by atoms with Crippen LogP contribution in [-0.4, -0.2) is 27.1 Å². The number of hydrogen-bond donors (Lipinski definition) is 2. The van der Waals surface area contributed by atoms with Crippen LogP contribution in [0.15, 0.2) is 69.0 Å². The van der Waals surface area contributed by atoms with Crippen molar-refractivity contribution in [3.8, 4) is 5.75 Å². The number of ketones is 1. The number of rotatable bonds is 4. The van der Waals surface area contributed by atoms with E-state index in [1.165, 1.54) is 41.5 Å². The third-order valence-corrected chi connectivity index (χ3v) is 4.27. The summed E-state index contributed by atoms with van der Waals surface area (Å²) in [5.41, 5.74) is 0.363. The van der Waals surface area contributed by atoms with Gasteiger partial charge >= 0.3 is 0 Å². The molecule has 3 heterocycles. The van der Waals surface area contributed by atoms with Crippen molar-refractivity contribution in [1.29, 1.82) is 0 Å². The van der Waals surface area contributed by atoms with Gasteiger partial charge in [0.2, 0.25) is 5.78 Å². The predicted octanol–water partition coefficient (Wildman–Crippen LogP) is 3.06. The van der Waals surface area contributed by atoms with Gasteiger partial charge < -0.3 is 19.2 Å². The summed E-state index contributed by atoms with van der Waals surface area (Å²) in [7, 11) is 0. The molecule has 1 atom stereocenters. The van der Waals surface area contributed by atoms with E-state index >= 15 is 0 Å². The van der Waals surface area contributed by atoms with Gasteiger partial charge in [-0.15, -0.1) is 0 Å². The molecule has 0 spiro atoms. The SMILES string of the molecule is Cc1cc(N2C(=O)C(O)=C(C(=O)c3ccco3)[C@@H]2c2ccc(O)cc2)no1. The van der Waals surface area contributed by atoms with Crippen molar-refractivity contribution in [3.63, 3.8) is 0 Å². The summed E-state index contributed by atoms with van der Waals surface area (Å²) in [5, 5.41) is 23.9. The predicted molar refractivity (Wildman–Crippen MR) is 92.3 cm³/mol. The van der Waals surface area contributed by atoms with Gasteiger partial charge in [0.05, 0.1) is 17.9 Å². The second kappa shape index (κ2) is 6.17. The van der Waals surface area contributed by atoms with Crippen molar-refractivity contribution >= 4 is 17.5 Å². The topological polar surface area (TPSA) is 117 Å². The molecule has 0 unspecified atom stereocenters. The second-order valence-electron chi connectivity index (χ2n) is 6.03. The number of carbonyl (C=O) groups excluding carboxylic acids is 2. The Balaban J connectivity index is 1.88. The molecule has 0 aliphatic carbocycles. The van der Waals surface area contributed by atoms with Crippen LogP contribution in [-0.2, 0) is 4.79 Å². The van der Waals surface area contributed by atoms with Crippen LogP contribution in [0.3, 0.4) is 0 Å². The number of phenolic OH excluding ortho intramolecular Hbond substituents is 1. The summed E-state index contributed by atoms with van der Waals surface area (Å²) in [6, 6.07) is 9.52. The summed E-state index contributed by atoms with van der Waals surface area (Å²) in [6.07, 6.45) is 1.33. The first kappa shape index (κ1) is 16.6. The highest BCUT2D eigenvalue weighted by molar-refractivity contribution is 6.19. The zero-order chi connectivity index (χ0) is 19.1. The smallest absolute Gasteiger partial charge is 0.295 e. The van der Waals surface area contributed by atoms with Gasteiger partial charge in [0.25, 0.3) is 5.91 Å². The molecule has 0 bridgehead atoms. The number of aliphatic hydroxyl groups is 1. The normalized spacial score (nSPS) is 17.0. The number of hydrogen-bond acceptors (Lipinski definition) is 7. The zero-order valence-electron chi connectivity index (χ0n) is 14.1. The molecule has 3 aromatic rings. The van der Waals surface area contributed by atoms with Crippen LogP contribution >= 0.6 is 0 Å². The minimum atomic E-state index is -0.958. The van der Waals surface area contributed by atoms with Gasteiger partial charge in [0.15, 0.2) is 17.3 Å². The quantitative estimate of drug-likeness (QED) is 0.681. The lowest BCUT2D eigenvalue weighted by Crippen LogP contribution is -2.31. The van der Waals surface area contributed by atoms with Crippen LogP contribution in [0, 0.1) is 6.92 Å². The van der Waals surface area contributed by atoms with Gasteiger partial charge in [-0.3, -0.25) is 14.5 Å². The first-order chi connectivity index (χ1) is 13.0. The monoisotopic (exact) mass is 366 g/mol. The van der Waals surface area contributed by atoms with Gasteiger partial charge in [0.1, 0.15) is 11.5 Å². The minimum absolute atomic E-state index is 0.00804. The fraction of sp³-hybridized carbons (Fsp3) is 0.105. The summed E-state index contributed by atoms with van der Waals surface area (Å²) >= 11 is 0. The van der Waals surface area contributed by atoms with Crippen LogP contribution in [0.25, 0.3) is 0 Å². The number of phenols is 1. The number of aromatic hydroxyl groups is 1. The zero-order valence-corrected chi connectivity index (χ0v) is 14.1. The lowest BCUT2D eigenvalue weighted by Gasteiger charge is -2.24. The van der Waals surface area contributed by atoms with Crippen LogP contribution in [0.1, 0.15) is 27.9 Å². The molecule has 0 fully saturated rings. The highest BCUT2D eigenvalue weighted by atomic mass is 16.5. The third kappa shape index (κ3) is 2.67. The first-order valence-corrected chi connectivity index (χ1v) is 8.04. The number of Topliss-reactive ketones (excluding diaryl/α,β-unsaturated/α-hetero) is 1. The van der Waals surface area contributed by atoms with Gasteiger partial charge in [-0.2, -0.15) is 0 Å². The fourth-order valence-electron chi connectivity index (χ4n) is 3.05. The summed E-state index contributed by atoms with van der Waals surface area (Å²) in [5.74, 6) is -1.44. The van der Waals surface area contributed by atoms with E-state index in [4.69, 9.17) is 8.94 Å². The van der Waals surface area contributed by atoms with E-state index in [0.29, 0.717) is 11.3 Å². The van der Waals surface area contributed by atoms with E-state index in [1.807, 2.05) is 0 Å². The average molecular weight is 366 g/mol. The maximum Gasteiger partial charge on any atom is 0.295 e. The van der Waals surface area contributed by atoms with Crippen LogP contribution in [0.4, 0.5) is 5.82 Å². The summed E-state index contributed by atoms with van der Waals surface area (Å²) < 4.78 is 10.2. The standard InChI is InChI=1S/C19H14N2O6/c1-10-9-14(20-27-10)21-16(11-4-6-12(22)7-5-11)15(18(24)19(21)25)17(23)13-3-2-8-26-13/h2-9,16,22,24H,1H3/t16-/m0/s1. The van der Waals surface area contributed by atoms with E-state index in [-0.39, 0.29) is 22.9 Å². The second-order valence-corrected chi connectivity index (χ2v) is 6.03. The number of benzene rings is 1. The number of aryl methyl sites for hydroxylation is 1. The van der Waals surface area contributed by atoms with Crippen LogP contribution in [0.5, 0.6) is 5.75 Å². The van der Waals surface area contributed by atoms with Gasteiger partial charge in [-0.1, -0.05) is 17.3 Å². The molecule has 1 aromatic carbocycles. The Hall–Kier alpha value is -3.81. The maximum atomic E-state index is 12.9. The lowest BCUT2D eigenvalue weighted by atomic mass is 9.95. The Kier molecular flexibility index (Phi) is 3.80. The van der Waals surface area contributed by atoms with Crippen LogP contribution in [0.2, 0.25) is 0 Å². The maximum absolute atomic E-state index is 12.9. The Morgan fingerprint density at radius 3 is 2.52 bits per heavy atom. The molecule has 2 N–H and O–H groups in total. The molecule has 1 amide bonds. The molecule has 8 nitrogen and oxygen atoms in total. The number of anilines is 1. The Labute approximate surface area is 152 Å². The molecule has 0 saturated heterocycles. The van der Waals surface area contributed by atoms with Gasteiger partial charge in [-0.05, 0) is 36.8 Å². The van der Waals surface area contributed by atoms with Crippen molar-refractivity contribution < 1.29 is 28.7 Å². The molecular weight excluding hydrogens is 352 g/mol. The number of furan rings is 1. The fourth-order valence-corrected chi connectivity index (χ4v) is 3.05. The molecule has 8 heteroatoms. The van der Waals surface area contributed by atoms with E-state index in [0.717, 1.165) is 0 Å². The minimum Gasteiger partial charge on any atom is -0.508 e. The highest BCUT2D eigenvalue weighted by Crippen LogP contribution is 2.41. The number of nitrogens with zero attached hydrogens (tertiary/aromatic N) is 2. The van der Waals surface area contributed by atoms with Crippen LogP contribution < -0.4 is 4.90 Å². The Morgan fingerprint density at radius 1 is 1.19 bits per heavy atom. The lowest BCUT2D eigenvalue weighted by molar-refractivity contribution is -0.117. The molecule has 0 saturated carbocycles. The van der Waals surface area contributed by atoms with E-state index in [1.54, 1.807) is 19.1 Å². The van der Waals surface area contributed by atoms with Crippen molar-refractivity contribution in [3.05, 3.63) is 77.1 Å². The number of carbonyl (C=O) groups is 2. The van der Waals surface area contributed by atoms with E-state index < -0.39 is 23.5 Å². The molecule has 136 valence electrons. The van der Waals surface area contributed by atoms with E-state index in [9.17, 15) is 19.8 Å². The van der Waals surface area contributed by atoms with Crippen molar-refractivity contribution in [2.75, 3.05) is 4.90 Å². The van der Waals surface area contributed by atoms with Gasteiger partial charge in [-0.25, -0.2) is 0 Å². The van der Waals surface area contributed by atoms with E-state index in [2.05, 4.69) is 5.16 Å². The highest BCUT2D eigenvalue weighted by Gasteiger charge is 2.46. The van der Waals surface area contributed by atoms with Crippen molar-refractivity contribution in [2.45, 2.75) is 13.0 Å². The molecular formula is C19H14N2O6. The first-order valence-electron chi connectivity index (χ1n) is 8.04.